The first-order valence-electron chi connectivity index (χ1n) is 9.14. The predicted octanol–water partition coefficient (Wildman–Crippen LogP) is 4.81. The van der Waals surface area contributed by atoms with E-state index >= 15 is 0 Å². The molecule has 4 aromatic rings. The first-order valence-corrected chi connectivity index (χ1v) is 9.55. The molecule has 0 spiro atoms. The Morgan fingerprint density at radius 2 is 1.50 bits per heavy atom. The van der Waals surface area contributed by atoms with Crippen LogP contribution < -0.4 is 16.0 Å². The van der Waals surface area contributed by atoms with Crippen LogP contribution >= 0.6 is 12.2 Å². The molecule has 3 aromatic carbocycles. The molecule has 30 heavy (non-hydrogen) atoms. The maximum absolute atomic E-state index is 12.5. The van der Waals surface area contributed by atoms with Crippen molar-refractivity contribution < 1.29 is 14.0 Å². The molecule has 7 heteroatoms. The molecule has 0 radical (unpaired) electrons. The van der Waals surface area contributed by atoms with Gasteiger partial charge in [0.2, 0.25) is 0 Å². The largest absolute Gasteiger partial charge is 0.459 e. The van der Waals surface area contributed by atoms with Crippen LogP contribution in [0.2, 0.25) is 0 Å². The summed E-state index contributed by atoms with van der Waals surface area (Å²) in [6.07, 6.45) is 1.43. The average Bonchev–Trinajstić information content (AvgIpc) is 3.28. The third-order valence-electron chi connectivity index (χ3n) is 4.36. The molecule has 6 nitrogen and oxygen atoms in total. The van der Waals surface area contributed by atoms with Crippen molar-refractivity contribution in [3.63, 3.8) is 0 Å². The van der Waals surface area contributed by atoms with Crippen molar-refractivity contribution in [2.45, 2.75) is 0 Å². The highest BCUT2D eigenvalue weighted by Gasteiger charge is 2.11. The van der Waals surface area contributed by atoms with Crippen molar-refractivity contribution in [1.29, 1.82) is 0 Å². The number of anilines is 2. The molecular weight excluding hydrogens is 398 g/mol. The van der Waals surface area contributed by atoms with Crippen molar-refractivity contribution in [2.75, 3.05) is 10.6 Å². The number of carbonyl (C=O) groups is 2. The van der Waals surface area contributed by atoms with Crippen LogP contribution in [0.15, 0.2) is 89.5 Å². The van der Waals surface area contributed by atoms with E-state index in [0.29, 0.717) is 16.9 Å². The Morgan fingerprint density at radius 3 is 2.27 bits per heavy atom. The monoisotopic (exact) mass is 415 g/mol. The van der Waals surface area contributed by atoms with E-state index in [9.17, 15) is 9.59 Å². The van der Waals surface area contributed by atoms with E-state index in [4.69, 9.17) is 16.6 Å². The van der Waals surface area contributed by atoms with Gasteiger partial charge < -0.3 is 15.1 Å². The van der Waals surface area contributed by atoms with Gasteiger partial charge in [-0.05, 0) is 65.5 Å². The van der Waals surface area contributed by atoms with Gasteiger partial charge in [-0.1, -0.05) is 36.4 Å². The first-order chi connectivity index (χ1) is 14.6. The summed E-state index contributed by atoms with van der Waals surface area (Å²) in [6.45, 7) is 0. The minimum absolute atomic E-state index is 0.155. The van der Waals surface area contributed by atoms with Gasteiger partial charge in [0.1, 0.15) is 0 Å². The fourth-order valence-electron chi connectivity index (χ4n) is 2.94. The fourth-order valence-corrected chi connectivity index (χ4v) is 3.15. The molecule has 0 atom stereocenters. The van der Waals surface area contributed by atoms with Crippen LogP contribution in [0.3, 0.4) is 0 Å². The topological polar surface area (TPSA) is 83.4 Å². The van der Waals surface area contributed by atoms with Crippen molar-refractivity contribution in [3.8, 4) is 0 Å². The zero-order valence-electron chi connectivity index (χ0n) is 15.7. The molecule has 0 aliphatic heterocycles. The lowest BCUT2D eigenvalue weighted by Gasteiger charge is -2.11. The lowest BCUT2D eigenvalue weighted by Crippen LogP contribution is -2.34. The van der Waals surface area contributed by atoms with Gasteiger partial charge in [-0.15, -0.1) is 0 Å². The smallest absolute Gasteiger partial charge is 0.291 e. The summed E-state index contributed by atoms with van der Waals surface area (Å²) < 4.78 is 5.08. The van der Waals surface area contributed by atoms with Gasteiger partial charge in [0.05, 0.1) is 6.26 Å². The van der Waals surface area contributed by atoms with E-state index in [1.54, 1.807) is 42.5 Å². The Labute approximate surface area is 177 Å². The third kappa shape index (κ3) is 4.53. The molecule has 1 heterocycles. The number of hydrogen-bond acceptors (Lipinski definition) is 4. The summed E-state index contributed by atoms with van der Waals surface area (Å²) in [4.78, 5) is 24.6. The summed E-state index contributed by atoms with van der Waals surface area (Å²) in [5.74, 6) is -0.448. The highest BCUT2D eigenvalue weighted by Crippen LogP contribution is 2.17. The van der Waals surface area contributed by atoms with Crippen molar-refractivity contribution >= 4 is 51.3 Å². The number of carbonyl (C=O) groups excluding carboxylic acids is 2. The molecule has 148 valence electrons. The van der Waals surface area contributed by atoms with Crippen LogP contribution in [0.25, 0.3) is 10.8 Å². The van der Waals surface area contributed by atoms with Crippen molar-refractivity contribution in [1.82, 2.24) is 5.32 Å². The molecular formula is C23H17N3O3S. The second kappa shape index (κ2) is 8.59. The number of benzene rings is 3. The molecule has 0 saturated carbocycles. The second-order valence-corrected chi connectivity index (χ2v) is 6.89. The molecule has 4 rings (SSSR count). The Balaban J connectivity index is 1.39. The number of hydrogen-bond donors (Lipinski definition) is 3. The normalized spacial score (nSPS) is 10.4. The number of thiocarbonyl (C=S) groups is 1. The Kier molecular flexibility index (Phi) is 5.54. The Morgan fingerprint density at radius 1 is 0.733 bits per heavy atom. The predicted molar refractivity (Wildman–Crippen MR) is 121 cm³/mol. The van der Waals surface area contributed by atoms with E-state index in [2.05, 4.69) is 16.0 Å². The Hall–Kier alpha value is -3.97. The SMILES string of the molecule is O=C(NC(=S)Nc1cccc(NC(=O)c2ccco2)c1)c1ccc2ccccc2c1. The standard InChI is InChI=1S/C23H17N3O3S/c27-21(17-11-10-15-5-1-2-6-16(15)13-17)26-23(30)25-19-8-3-7-18(14-19)24-22(28)20-9-4-12-29-20/h1-14H,(H,24,28)(H2,25,26,27,30). The first kappa shape index (κ1) is 19.4. The van der Waals surface area contributed by atoms with Gasteiger partial charge in [-0.3, -0.25) is 14.9 Å². The summed E-state index contributed by atoms with van der Waals surface area (Å²) >= 11 is 5.26. The van der Waals surface area contributed by atoms with Gasteiger partial charge in [0, 0.05) is 16.9 Å². The number of rotatable bonds is 4. The number of furan rings is 1. The van der Waals surface area contributed by atoms with E-state index in [1.165, 1.54) is 6.26 Å². The van der Waals surface area contributed by atoms with Crippen LogP contribution in [0.1, 0.15) is 20.9 Å². The van der Waals surface area contributed by atoms with Gasteiger partial charge in [-0.25, -0.2) is 0 Å². The summed E-state index contributed by atoms with van der Waals surface area (Å²) in [5.41, 5.74) is 1.69. The van der Waals surface area contributed by atoms with Crippen LogP contribution in [0.4, 0.5) is 11.4 Å². The highest BCUT2D eigenvalue weighted by molar-refractivity contribution is 7.80. The molecule has 3 N–H and O–H groups in total. The maximum atomic E-state index is 12.5. The van der Waals surface area contributed by atoms with E-state index in [1.807, 2.05) is 36.4 Å². The van der Waals surface area contributed by atoms with Gasteiger partial charge >= 0.3 is 0 Å². The minimum Gasteiger partial charge on any atom is -0.459 e. The van der Waals surface area contributed by atoms with Crippen molar-refractivity contribution in [3.05, 3.63) is 96.4 Å². The lowest BCUT2D eigenvalue weighted by atomic mass is 10.1. The second-order valence-electron chi connectivity index (χ2n) is 6.48. The van der Waals surface area contributed by atoms with E-state index < -0.39 is 0 Å². The zero-order chi connectivity index (χ0) is 20.9. The number of fused-ring (bicyclic) bond motifs is 1. The summed E-state index contributed by atoms with van der Waals surface area (Å²) in [6, 6.07) is 23.5. The van der Waals surface area contributed by atoms with Crippen LogP contribution in [-0.4, -0.2) is 16.9 Å². The fraction of sp³-hybridized carbons (Fsp3) is 0. The molecule has 1 aromatic heterocycles. The number of nitrogens with one attached hydrogen (secondary N) is 3. The highest BCUT2D eigenvalue weighted by atomic mass is 32.1. The van der Waals surface area contributed by atoms with Gasteiger partial charge in [0.15, 0.2) is 10.9 Å². The molecule has 0 aliphatic carbocycles. The van der Waals surface area contributed by atoms with Gasteiger partial charge in [-0.2, -0.15) is 0 Å². The van der Waals surface area contributed by atoms with Crippen LogP contribution in [0.5, 0.6) is 0 Å². The summed E-state index contributed by atoms with van der Waals surface area (Å²) in [5, 5.41) is 10.6. The van der Waals surface area contributed by atoms with Gasteiger partial charge in [0.25, 0.3) is 11.8 Å². The lowest BCUT2D eigenvalue weighted by molar-refractivity contribution is 0.0975. The molecule has 0 fully saturated rings. The van der Waals surface area contributed by atoms with Crippen LogP contribution in [-0.2, 0) is 0 Å². The molecule has 0 saturated heterocycles. The van der Waals surface area contributed by atoms with Crippen molar-refractivity contribution in [2.24, 2.45) is 0 Å². The molecule has 2 amide bonds. The zero-order valence-corrected chi connectivity index (χ0v) is 16.5. The van der Waals surface area contributed by atoms with E-state index in [-0.39, 0.29) is 22.7 Å². The number of amides is 2. The molecule has 0 aliphatic rings. The third-order valence-corrected chi connectivity index (χ3v) is 4.57. The minimum atomic E-state index is -0.357. The molecule has 0 bridgehead atoms. The quantitative estimate of drug-likeness (QED) is 0.417. The Bertz CT molecular complexity index is 1240. The summed E-state index contributed by atoms with van der Waals surface area (Å²) in [7, 11) is 0. The maximum Gasteiger partial charge on any atom is 0.291 e. The molecule has 0 unspecified atom stereocenters. The van der Waals surface area contributed by atoms with E-state index in [0.717, 1.165) is 10.8 Å². The van der Waals surface area contributed by atoms with Crippen LogP contribution in [0, 0.1) is 0 Å². The average molecular weight is 415 g/mol.